The third-order valence-electron chi connectivity index (χ3n) is 3.38. The van der Waals surface area contributed by atoms with Crippen LogP contribution < -0.4 is 4.90 Å². The van der Waals surface area contributed by atoms with E-state index in [-0.39, 0.29) is 23.2 Å². The van der Waals surface area contributed by atoms with Gasteiger partial charge in [-0.25, -0.2) is 4.79 Å². The molecule has 0 bridgehead atoms. The lowest BCUT2D eigenvalue weighted by Crippen LogP contribution is -2.33. The standard InChI is InChI=1S/C13H18N2O4/c1-8(2)9(3)14(4)11-7-5-6-10(13(16)17)12(11)15(18)19/h5-9H,1-4H3,(H,16,17). The Morgan fingerprint density at radius 2 is 1.95 bits per heavy atom. The largest absolute Gasteiger partial charge is 0.477 e. The van der Waals surface area contributed by atoms with Crippen LogP contribution in [0.2, 0.25) is 0 Å². The Morgan fingerprint density at radius 3 is 2.37 bits per heavy atom. The zero-order valence-electron chi connectivity index (χ0n) is 11.5. The van der Waals surface area contributed by atoms with Crippen LogP contribution in [-0.4, -0.2) is 29.1 Å². The molecule has 104 valence electrons. The van der Waals surface area contributed by atoms with Crippen molar-refractivity contribution < 1.29 is 14.8 Å². The predicted octanol–water partition coefficient (Wildman–Crippen LogP) is 2.77. The van der Waals surface area contributed by atoms with Gasteiger partial charge in [-0.1, -0.05) is 19.9 Å². The highest BCUT2D eigenvalue weighted by atomic mass is 16.6. The van der Waals surface area contributed by atoms with Gasteiger partial charge in [0.1, 0.15) is 11.3 Å². The average Bonchev–Trinajstić information content (AvgIpc) is 2.35. The van der Waals surface area contributed by atoms with Crippen molar-refractivity contribution in [3.8, 4) is 0 Å². The monoisotopic (exact) mass is 266 g/mol. The van der Waals surface area contributed by atoms with Crippen molar-refractivity contribution >= 4 is 17.3 Å². The van der Waals surface area contributed by atoms with Crippen molar-refractivity contribution in [3.05, 3.63) is 33.9 Å². The van der Waals surface area contributed by atoms with Gasteiger partial charge in [0.2, 0.25) is 0 Å². The van der Waals surface area contributed by atoms with Crippen LogP contribution in [0.1, 0.15) is 31.1 Å². The van der Waals surface area contributed by atoms with E-state index in [1.54, 1.807) is 18.0 Å². The van der Waals surface area contributed by atoms with E-state index in [1.807, 2.05) is 20.8 Å². The minimum atomic E-state index is -1.29. The lowest BCUT2D eigenvalue weighted by Gasteiger charge is -2.29. The van der Waals surface area contributed by atoms with E-state index in [4.69, 9.17) is 5.11 Å². The lowest BCUT2D eigenvalue weighted by molar-refractivity contribution is -0.384. The Bertz CT molecular complexity index is 499. The number of aromatic carboxylic acids is 1. The summed E-state index contributed by atoms with van der Waals surface area (Å²) in [6.45, 7) is 5.96. The van der Waals surface area contributed by atoms with E-state index in [1.165, 1.54) is 12.1 Å². The summed E-state index contributed by atoms with van der Waals surface area (Å²) in [5, 5.41) is 20.2. The molecular formula is C13H18N2O4. The van der Waals surface area contributed by atoms with Gasteiger partial charge in [0.25, 0.3) is 0 Å². The molecule has 6 nitrogen and oxygen atoms in total. The molecule has 0 saturated carbocycles. The molecule has 0 fully saturated rings. The third-order valence-corrected chi connectivity index (χ3v) is 3.38. The van der Waals surface area contributed by atoms with Crippen molar-refractivity contribution in [1.29, 1.82) is 0 Å². The fraction of sp³-hybridized carbons (Fsp3) is 0.462. The number of benzene rings is 1. The fourth-order valence-corrected chi connectivity index (χ4v) is 1.85. The minimum absolute atomic E-state index is 0.0581. The van der Waals surface area contributed by atoms with Crippen molar-refractivity contribution in [2.45, 2.75) is 26.8 Å². The highest BCUT2D eigenvalue weighted by Gasteiger charge is 2.28. The Kier molecular flexibility index (Phi) is 4.47. The number of hydrogen-bond donors (Lipinski definition) is 1. The fourth-order valence-electron chi connectivity index (χ4n) is 1.85. The Balaban J connectivity index is 3.39. The predicted molar refractivity (Wildman–Crippen MR) is 72.8 cm³/mol. The number of hydrogen-bond acceptors (Lipinski definition) is 4. The summed E-state index contributed by atoms with van der Waals surface area (Å²) in [7, 11) is 1.73. The van der Waals surface area contributed by atoms with Crippen LogP contribution in [0.15, 0.2) is 18.2 Å². The van der Waals surface area contributed by atoms with Crippen LogP contribution in [-0.2, 0) is 0 Å². The summed E-state index contributed by atoms with van der Waals surface area (Å²) in [4.78, 5) is 23.3. The molecule has 0 amide bonds. The molecule has 1 aromatic rings. The van der Waals surface area contributed by atoms with Crippen molar-refractivity contribution in [3.63, 3.8) is 0 Å². The van der Waals surface area contributed by atoms with Crippen LogP contribution in [0.3, 0.4) is 0 Å². The molecule has 0 radical (unpaired) electrons. The first-order chi connectivity index (χ1) is 8.77. The average molecular weight is 266 g/mol. The Labute approximate surface area is 111 Å². The molecule has 1 rings (SSSR count). The zero-order valence-corrected chi connectivity index (χ0v) is 11.5. The van der Waals surface area contributed by atoms with Crippen LogP contribution in [0.25, 0.3) is 0 Å². The molecule has 0 aromatic heterocycles. The highest BCUT2D eigenvalue weighted by molar-refractivity contribution is 5.95. The number of rotatable bonds is 5. The van der Waals surface area contributed by atoms with E-state index in [0.717, 1.165) is 0 Å². The Hall–Kier alpha value is -2.11. The maximum Gasteiger partial charge on any atom is 0.342 e. The van der Waals surface area contributed by atoms with E-state index in [2.05, 4.69) is 0 Å². The summed E-state index contributed by atoms with van der Waals surface area (Å²) in [5.41, 5.74) is -0.318. The lowest BCUT2D eigenvalue weighted by atomic mass is 10.0. The summed E-state index contributed by atoms with van der Waals surface area (Å²) in [5.74, 6) is -1.00. The smallest absolute Gasteiger partial charge is 0.342 e. The molecule has 0 spiro atoms. The maximum absolute atomic E-state index is 11.2. The van der Waals surface area contributed by atoms with Crippen molar-refractivity contribution in [2.75, 3.05) is 11.9 Å². The van der Waals surface area contributed by atoms with E-state index in [0.29, 0.717) is 5.69 Å². The topological polar surface area (TPSA) is 83.7 Å². The van der Waals surface area contributed by atoms with Gasteiger partial charge < -0.3 is 10.0 Å². The molecule has 0 aliphatic rings. The summed E-state index contributed by atoms with van der Waals surface area (Å²) in [6.07, 6.45) is 0. The number of para-hydroxylation sites is 1. The molecule has 1 aromatic carbocycles. The molecule has 1 N–H and O–H groups in total. The first-order valence-electron chi connectivity index (χ1n) is 6.00. The van der Waals surface area contributed by atoms with Gasteiger partial charge in [-0.3, -0.25) is 10.1 Å². The second kappa shape index (κ2) is 5.69. The van der Waals surface area contributed by atoms with E-state index in [9.17, 15) is 14.9 Å². The summed E-state index contributed by atoms with van der Waals surface area (Å²) in [6, 6.07) is 4.40. The quantitative estimate of drug-likeness (QED) is 0.654. The molecule has 0 aliphatic carbocycles. The van der Waals surface area contributed by atoms with Gasteiger partial charge in [0, 0.05) is 13.1 Å². The van der Waals surface area contributed by atoms with Crippen LogP contribution in [0, 0.1) is 16.0 Å². The minimum Gasteiger partial charge on any atom is -0.477 e. The van der Waals surface area contributed by atoms with Gasteiger partial charge >= 0.3 is 11.7 Å². The van der Waals surface area contributed by atoms with Crippen LogP contribution in [0.4, 0.5) is 11.4 Å². The maximum atomic E-state index is 11.2. The van der Waals surface area contributed by atoms with Gasteiger partial charge in [-0.2, -0.15) is 0 Å². The summed E-state index contributed by atoms with van der Waals surface area (Å²) < 4.78 is 0. The number of anilines is 1. The molecule has 19 heavy (non-hydrogen) atoms. The van der Waals surface area contributed by atoms with Crippen LogP contribution in [0.5, 0.6) is 0 Å². The summed E-state index contributed by atoms with van der Waals surface area (Å²) >= 11 is 0. The molecular weight excluding hydrogens is 248 g/mol. The number of carboxylic acids is 1. The second-order valence-electron chi connectivity index (χ2n) is 4.83. The highest BCUT2D eigenvalue weighted by Crippen LogP contribution is 2.33. The molecule has 0 heterocycles. The molecule has 6 heteroatoms. The SMILES string of the molecule is CC(C)C(C)N(C)c1cccc(C(=O)O)c1[N+](=O)[O-]. The number of nitrogens with zero attached hydrogens (tertiary/aromatic N) is 2. The molecule has 0 saturated heterocycles. The van der Waals surface area contributed by atoms with E-state index >= 15 is 0 Å². The van der Waals surface area contributed by atoms with Crippen molar-refractivity contribution in [1.82, 2.24) is 0 Å². The van der Waals surface area contributed by atoms with Crippen molar-refractivity contribution in [2.24, 2.45) is 5.92 Å². The zero-order chi connectivity index (χ0) is 14.7. The number of nitro groups is 1. The second-order valence-corrected chi connectivity index (χ2v) is 4.83. The number of carboxylic acid groups (broad SMARTS) is 1. The third kappa shape index (κ3) is 3.01. The number of carbonyl (C=O) groups is 1. The van der Waals surface area contributed by atoms with E-state index < -0.39 is 10.9 Å². The number of nitro benzene ring substituents is 1. The molecule has 1 atom stereocenters. The van der Waals surface area contributed by atoms with Gasteiger partial charge in [0.05, 0.1) is 4.92 Å². The molecule has 0 aliphatic heterocycles. The normalized spacial score (nSPS) is 12.3. The van der Waals surface area contributed by atoms with Gasteiger partial charge in [0.15, 0.2) is 0 Å². The van der Waals surface area contributed by atoms with Gasteiger partial charge in [-0.05, 0) is 25.0 Å². The van der Waals surface area contributed by atoms with Crippen LogP contribution >= 0.6 is 0 Å². The van der Waals surface area contributed by atoms with Gasteiger partial charge in [-0.15, -0.1) is 0 Å². The Morgan fingerprint density at radius 1 is 1.37 bits per heavy atom. The molecule has 1 unspecified atom stereocenters. The first-order valence-corrected chi connectivity index (χ1v) is 6.00. The first kappa shape index (κ1) is 14.9.